The minimum Gasteiger partial charge on any atom is -0.357 e. The smallest absolute Gasteiger partial charge is 0.128 e. The fraction of sp³-hybridized carbons (Fsp3) is 0.643. The van der Waals surface area contributed by atoms with Crippen molar-refractivity contribution in [2.45, 2.75) is 25.7 Å². The maximum atomic E-state index is 5.88. The van der Waals surface area contributed by atoms with Gasteiger partial charge in [0.05, 0.1) is 5.02 Å². The van der Waals surface area contributed by atoms with Crippen molar-refractivity contribution in [2.75, 3.05) is 31.1 Å². The molecule has 0 atom stereocenters. The lowest BCUT2D eigenvalue weighted by atomic mass is 9.71. The molecular formula is C14H20ClN3. The predicted molar refractivity (Wildman–Crippen MR) is 75.2 cm³/mol. The molecule has 0 unspecified atom stereocenters. The molecule has 3 heterocycles. The summed E-state index contributed by atoms with van der Waals surface area (Å²) in [6.07, 6.45) is 7.04. The molecule has 2 saturated heterocycles. The van der Waals surface area contributed by atoms with E-state index in [9.17, 15) is 0 Å². The normalized spacial score (nSPS) is 23.3. The maximum Gasteiger partial charge on any atom is 0.128 e. The van der Waals surface area contributed by atoms with Crippen LogP contribution < -0.4 is 10.2 Å². The van der Waals surface area contributed by atoms with Crippen LogP contribution in [-0.2, 0) is 0 Å². The van der Waals surface area contributed by atoms with Crippen LogP contribution in [-0.4, -0.2) is 31.2 Å². The Labute approximate surface area is 114 Å². The fourth-order valence-electron chi connectivity index (χ4n) is 3.22. The molecule has 98 valence electrons. The summed E-state index contributed by atoms with van der Waals surface area (Å²) >= 11 is 5.88. The average molecular weight is 266 g/mol. The Kier molecular flexibility index (Phi) is 3.44. The second-order valence-electron chi connectivity index (χ2n) is 5.57. The minimum absolute atomic E-state index is 0.605. The third-order valence-corrected chi connectivity index (χ3v) is 4.75. The SMILES string of the molecule is Clc1ccc(N2CCC3(CCNCC3)CC2)nc1. The molecule has 4 heteroatoms. The van der Waals surface area contributed by atoms with Gasteiger partial charge in [-0.15, -0.1) is 0 Å². The zero-order chi connectivity index (χ0) is 12.4. The van der Waals surface area contributed by atoms with Crippen LogP contribution in [0.15, 0.2) is 18.3 Å². The Morgan fingerprint density at radius 2 is 1.83 bits per heavy atom. The van der Waals surface area contributed by atoms with E-state index in [1.165, 1.54) is 38.8 Å². The van der Waals surface area contributed by atoms with Gasteiger partial charge in [-0.1, -0.05) is 11.6 Å². The van der Waals surface area contributed by atoms with Crippen molar-refractivity contribution in [1.82, 2.24) is 10.3 Å². The molecule has 18 heavy (non-hydrogen) atoms. The van der Waals surface area contributed by atoms with E-state index in [0.29, 0.717) is 10.4 Å². The molecule has 3 rings (SSSR count). The summed E-state index contributed by atoms with van der Waals surface area (Å²) in [5, 5.41) is 4.18. The lowest BCUT2D eigenvalue weighted by Crippen LogP contribution is -2.45. The van der Waals surface area contributed by atoms with Crippen molar-refractivity contribution in [1.29, 1.82) is 0 Å². The molecule has 0 radical (unpaired) electrons. The van der Waals surface area contributed by atoms with E-state index < -0.39 is 0 Å². The van der Waals surface area contributed by atoms with Gasteiger partial charge in [0.25, 0.3) is 0 Å². The first-order valence-corrected chi connectivity index (χ1v) is 7.23. The third-order valence-electron chi connectivity index (χ3n) is 4.52. The summed E-state index contributed by atoms with van der Waals surface area (Å²) in [7, 11) is 0. The monoisotopic (exact) mass is 265 g/mol. The number of piperidine rings is 2. The summed E-state index contributed by atoms with van der Waals surface area (Å²) in [4.78, 5) is 6.81. The summed E-state index contributed by atoms with van der Waals surface area (Å²) in [6, 6.07) is 3.96. The second-order valence-corrected chi connectivity index (χ2v) is 6.01. The van der Waals surface area contributed by atoms with Gasteiger partial charge in [0.15, 0.2) is 0 Å². The van der Waals surface area contributed by atoms with Crippen LogP contribution in [0.25, 0.3) is 0 Å². The summed E-state index contributed by atoms with van der Waals surface area (Å²) < 4.78 is 0. The highest BCUT2D eigenvalue weighted by atomic mass is 35.5. The van der Waals surface area contributed by atoms with Crippen molar-refractivity contribution in [3.63, 3.8) is 0 Å². The van der Waals surface area contributed by atoms with E-state index in [2.05, 4.69) is 15.2 Å². The zero-order valence-corrected chi connectivity index (χ0v) is 11.4. The fourth-order valence-corrected chi connectivity index (χ4v) is 3.33. The van der Waals surface area contributed by atoms with Gasteiger partial charge in [-0.3, -0.25) is 0 Å². The number of hydrogen-bond acceptors (Lipinski definition) is 3. The number of anilines is 1. The van der Waals surface area contributed by atoms with Crippen LogP contribution in [0.1, 0.15) is 25.7 Å². The van der Waals surface area contributed by atoms with Crippen molar-refractivity contribution in [2.24, 2.45) is 5.41 Å². The second kappa shape index (κ2) is 5.06. The topological polar surface area (TPSA) is 28.2 Å². The molecule has 1 aromatic heterocycles. The highest BCUT2D eigenvalue weighted by Gasteiger charge is 2.35. The highest BCUT2D eigenvalue weighted by molar-refractivity contribution is 6.30. The van der Waals surface area contributed by atoms with Gasteiger partial charge in [0.1, 0.15) is 5.82 Å². The molecule has 2 fully saturated rings. The molecule has 1 N–H and O–H groups in total. The number of halogens is 1. The Balaban J connectivity index is 1.64. The Bertz CT molecular complexity index is 388. The first kappa shape index (κ1) is 12.2. The zero-order valence-electron chi connectivity index (χ0n) is 10.7. The summed E-state index contributed by atoms with van der Waals surface area (Å²) in [5.74, 6) is 1.07. The average Bonchev–Trinajstić information content (AvgIpc) is 2.42. The molecule has 0 saturated carbocycles. The van der Waals surface area contributed by atoms with Gasteiger partial charge < -0.3 is 10.2 Å². The number of rotatable bonds is 1. The van der Waals surface area contributed by atoms with Crippen LogP contribution in [0.2, 0.25) is 5.02 Å². The van der Waals surface area contributed by atoms with Gasteiger partial charge in [-0.2, -0.15) is 0 Å². The summed E-state index contributed by atoms with van der Waals surface area (Å²) in [6.45, 7) is 4.65. The van der Waals surface area contributed by atoms with Gasteiger partial charge in [-0.25, -0.2) is 4.98 Å². The summed E-state index contributed by atoms with van der Waals surface area (Å²) in [5.41, 5.74) is 0.605. The predicted octanol–water partition coefficient (Wildman–Crippen LogP) is 2.71. The third kappa shape index (κ3) is 2.47. The van der Waals surface area contributed by atoms with Crippen LogP contribution >= 0.6 is 11.6 Å². The van der Waals surface area contributed by atoms with E-state index in [0.717, 1.165) is 18.9 Å². The first-order chi connectivity index (χ1) is 8.77. The number of aromatic nitrogens is 1. The van der Waals surface area contributed by atoms with E-state index >= 15 is 0 Å². The van der Waals surface area contributed by atoms with Crippen LogP contribution in [0.3, 0.4) is 0 Å². The van der Waals surface area contributed by atoms with Crippen molar-refractivity contribution < 1.29 is 0 Å². The molecule has 3 nitrogen and oxygen atoms in total. The van der Waals surface area contributed by atoms with E-state index in [1.54, 1.807) is 6.20 Å². The number of pyridine rings is 1. The van der Waals surface area contributed by atoms with Crippen molar-refractivity contribution in [3.05, 3.63) is 23.4 Å². The minimum atomic E-state index is 0.605. The largest absolute Gasteiger partial charge is 0.357 e. The standard InChI is InChI=1S/C14H20ClN3/c15-12-1-2-13(17-11-12)18-9-5-14(6-10-18)3-7-16-8-4-14/h1-2,11,16H,3-10H2. The lowest BCUT2D eigenvalue weighted by Gasteiger charge is -2.44. The molecule has 1 aromatic rings. The number of nitrogens with zero attached hydrogens (tertiary/aromatic N) is 2. The lowest BCUT2D eigenvalue weighted by molar-refractivity contribution is 0.154. The highest BCUT2D eigenvalue weighted by Crippen LogP contribution is 2.40. The molecule has 1 spiro atoms. The quantitative estimate of drug-likeness (QED) is 0.846. The Morgan fingerprint density at radius 1 is 1.11 bits per heavy atom. The van der Waals surface area contributed by atoms with Crippen LogP contribution in [0.4, 0.5) is 5.82 Å². The van der Waals surface area contributed by atoms with Gasteiger partial charge >= 0.3 is 0 Å². The molecule has 0 bridgehead atoms. The van der Waals surface area contributed by atoms with Gasteiger partial charge in [-0.05, 0) is 56.3 Å². The Hall–Kier alpha value is -0.800. The van der Waals surface area contributed by atoms with Crippen LogP contribution in [0.5, 0.6) is 0 Å². The van der Waals surface area contributed by atoms with Gasteiger partial charge in [0.2, 0.25) is 0 Å². The molecular weight excluding hydrogens is 246 g/mol. The van der Waals surface area contributed by atoms with E-state index in [4.69, 9.17) is 11.6 Å². The Morgan fingerprint density at radius 3 is 2.44 bits per heavy atom. The van der Waals surface area contributed by atoms with Crippen LogP contribution in [0, 0.1) is 5.41 Å². The molecule has 2 aliphatic rings. The van der Waals surface area contributed by atoms with E-state index in [1.807, 2.05) is 12.1 Å². The molecule has 0 aliphatic carbocycles. The molecule has 0 amide bonds. The number of hydrogen-bond donors (Lipinski definition) is 1. The molecule has 0 aromatic carbocycles. The van der Waals surface area contributed by atoms with Crippen molar-refractivity contribution >= 4 is 17.4 Å². The van der Waals surface area contributed by atoms with E-state index in [-0.39, 0.29) is 0 Å². The van der Waals surface area contributed by atoms with Gasteiger partial charge in [0, 0.05) is 19.3 Å². The maximum absolute atomic E-state index is 5.88. The number of nitrogens with one attached hydrogen (secondary N) is 1. The first-order valence-electron chi connectivity index (χ1n) is 6.85. The molecule has 2 aliphatic heterocycles. The van der Waals surface area contributed by atoms with Crippen molar-refractivity contribution in [3.8, 4) is 0 Å².